The summed E-state index contributed by atoms with van der Waals surface area (Å²) < 4.78 is 19.8. The second-order valence-corrected chi connectivity index (χ2v) is 6.73. The van der Waals surface area contributed by atoms with E-state index in [0.29, 0.717) is 5.75 Å². The predicted octanol–water partition coefficient (Wildman–Crippen LogP) is 3.20. The molecule has 84 valence electrons. The molecular weight excluding hydrogens is 206 g/mol. The van der Waals surface area contributed by atoms with E-state index in [0.717, 1.165) is 12.0 Å². The molecule has 0 radical (unpaired) electrons. The Morgan fingerprint density at radius 3 is 2.27 bits per heavy atom. The topological polar surface area (TPSA) is 40.9 Å². The third-order valence-electron chi connectivity index (χ3n) is 2.63. The first-order valence-electron chi connectivity index (χ1n) is 5.29. The van der Waals surface area contributed by atoms with Crippen molar-refractivity contribution in [2.75, 3.05) is 0 Å². The van der Waals surface area contributed by atoms with Crippen molar-refractivity contribution < 1.29 is 4.21 Å². The summed E-state index contributed by atoms with van der Waals surface area (Å²) in [6.07, 6.45) is 0.934. The van der Waals surface area contributed by atoms with E-state index in [-0.39, 0.29) is 5.25 Å². The molecule has 0 saturated heterocycles. The van der Waals surface area contributed by atoms with Gasteiger partial charge in [0, 0.05) is 5.25 Å². The monoisotopic (exact) mass is 225 g/mol. The van der Waals surface area contributed by atoms with Crippen molar-refractivity contribution >= 4 is 9.73 Å². The van der Waals surface area contributed by atoms with Crippen molar-refractivity contribution in [2.45, 2.75) is 38.2 Å². The van der Waals surface area contributed by atoms with E-state index >= 15 is 0 Å². The van der Waals surface area contributed by atoms with Gasteiger partial charge >= 0.3 is 0 Å². The SMILES string of the molecule is CCc1ccccc1CS(=N)(=O)C(C)C. The van der Waals surface area contributed by atoms with Crippen LogP contribution in [0.4, 0.5) is 0 Å². The Bertz CT molecular complexity index is 421. The minimum absolute atomic E-state index is 0.0811. The summed E-state index contributed by atoms with van der Waals surface area (Å²) in [7, 11) is -2.48. The maximum atomic E-state index is 12.0. The quantitative estimate of drug-likeness (QED) is 0.840. The number of nitrogens with one attached hydrogen (secondary N) is 1. The molecule has 1 aromatic carbocycles. The van der Waals surface area contributed by atoms with Crippen molar-refractivity contribution in [1.82, 2.24) is 0 Å². The van der Waals surface area contributed by atoms with Gasteiger partial charge in [-0.3, -0.25) is 4.78 Å². The Kier molecular flexibility index (Phi) is 3.91. The molecule has 15 heavy (non-hydrogen) atoms. The predicted molar refractivity (Wildman–Crippen MR) is 65.5 cm³/mol. The number of rotatable bonds is 4. The third kappa shape index (κ3) is 3.06. The molecule has 3 heteroatoms. The second-order valence-electron chi connectivity index (χ2n) is 4.04. The molecule has 0 aliphatic carbocycles. The third-order valence-corrected chi connectivity index (χ3v) is 4.89. The lowest BCUT2D eigenvalue weighted by Crippen LogP contribution is -2.15. The van der Waals surface area contributed by atoms with Crippen molar-refractivity contribution in [3.8, 4) is 0 Å². The summed E-state index contributed by atoms with van der Waals surface area (Å²) >= 11 is 0. The molecule has 1 rings (SSSR count). The van der Waals surface area contributed by atoms with Crippen LogP contribution < -0.4 is 0 Å². The van der Waals surface area contributed by atoms with E-state index in [1.807, 2.05) is 38.1 Å². The van der Waals surface area contributed by atoms with Crippen LogP contribution in [0.3, 0.4) is 0 Å². The van der Waals surface area contributed by atoms with E-state index in [9.17, 15) is 4.21 Å². The number of hydrogen-bond acceptors (Lipinski definition) is 2. The fourth-order valence-corrected chi connectivity index (χ4v) is 2.52. The molecule has 0 fully saturated rings. The summed E-state index contributed by atoms with van der Waals surface area (Å²) in [6, 6.07) is 7.97. The Hall–Kier alpha value is -0.830. The van der Waals surface area contributed by atoms with Gasteiger partial charge in [0.25, 0.3) is 0 Å². The zero-order valence-corrected chi connectivity index (χ0v) is 10.4. The van der Waals surface area contributed by atoms with Crippen molar-refractivity contribution in [2.24, 2.45) is 0 Å². The molecule has 0 amide bonds. The average Bonchev–Trinajstić information content (AvgIpc) is 2.18. The smallest absolute Gasteiger partial charge is 0.0571 e. The Morgan fingerprint density at radius 2 is 1.80 bits per heavy atom. The van der Waals surface area contributed by atoms with E-state index in [1.165, 1.54) is 5.56 Å². The summed E-state index contributed by atoms with van der Waals surface area (Å²) in [5.74, 6) is 0.384. The van der Waals surface area contributed by atoms with Gasteiger partial charge in [0.1, 0.15) is 0 Å². The molecule has 0 spiro atoms. The summed E-state index contributed by atoms with van der Waals surface area (Å²) in [5.41, 5.74) is 2.27. The maximum Gasteiger partial charge on any atom is 0.0571 e. The van der Waals surface area contributed by atoms with Crippen LogP contribution in [0.1, 0.15) is 31.9 Å². The highest BCUT2D eigenvalue weighted by Crippen LogP contribution is 2.16. The van der Waals surface area contributed by atoms with E-state index in [2.05, 4.69) is 6.92 Å². The first kappa shape index (κ1) is 12.2. The van der Waals surface area contributed by atoms with Crippen LogP contribution >= 0.6 is 0 Å². The largest absolute Gasteiger partial charge is 0.252 e. The molecule has 0 bridgehead atoms. The number of aryl methyl sites for hydroxylation is 1. The van der Waals surface area contributed by atoms with E-state index in [4.69, 9.17) is 4.78 Å². The normalized spacial score (nSPS) is 15.2. The highest BCUT2D eigenvalue weighted by molar-refractivity contribution is 7.92. The number of hydrogen-bond donors (Lipinski definition) is 1. The average molecular weight is 225 g/mol. The van der Waals surface area contributed by atoms with Crippen LogP contribution in [0.2, 0.25) is 0 Å². The van der Waals surface area contributed by atoms with Gasteiger partial charge in [-0.15, -0.1) is 0 Å². The van der Waals surface area contributed by atoms with Crippen LogP contribution in [0.25, 0.3) is 0 Å². The Morgan fingerprint density at radius 1 is 1.27 bits per heavy atom. The van der Waals surface area contributed by atoms with Crippen molar-refractivity contribution in [3.63, 3.8) is 0 Å². The molecular formula is C12H19NOS. The lowest BCUT2D eigenvalue weighted by molar-refractivity contribution is 0.666. The van der Waals surface area contributed by atoms with Crippen molar-refractivity contribution in [3.05, 3.63) is 35.4 Å². The zero-order chi connectivity index (χ0) is 11.5. The summed E-state index contributed by atoms with van der Waals surface area (Å²) in [4.78, 5) is 0. The highest BCUT2D eigenvalue weighted by atomic mass is 32.2. The first-order chi connectivity index (χ1) is 6.97. The fraction of sp³-hybridized carbons (Fsp3) is 0.500. The zero-order valence-electron chi connectivity index (χ0n) is 9.62. The van der Waals surface area contributed by atoms with E-state index < -0.39 is 9.73 Å². The van der Waals surface area contributed by atoms with Crippen LogP contribution in [0.5, 0.6) is 0 Å². The van der Waals surface area contributed by atoms with Gasteiger partial charge in [0.2, 0.25) is 0 Å². The fourth-order valence-electron chi connectivity index (χ4n) is 1.44. The molecule has 1 aromatic rings. The Balaban J connectivity index is 3.00. The summed E-state index contributed by atoms with van der Waals surface area (Å²) in [6.45, 7) is 5.79. The molecule has 0 aliphatic heterocycles. The molecule has 0 aliphatic rings. The van der Waals surface area contributed by atoms with E-state index in [1.54, 1.807) is 0 Å². The van der Waals surface area contributed by atoms with Gasteiger partial charge in [0.15, 0.2) is 0 Å². The van der Waals surface area contributed by atoms with Gasteiger partial charge in [-0.2, -0.15) is 0 Å². The molecule has 0 saturated carbocycles. The molecule has 1 atom stereocenters. The minimum Gasteiger partial charge on any atom is -0.252 e. The molecule has 0 aromatic heterocycles. The highest BCUT2D eigenvalue weighted by Gasteiger charge is 2.14. The van der Waals surface area contributed by atoms with Gasteiger partial charge < -0.3 is 0 Å². The molecule has 2 nitrogen and oxygen atoms in total. The molecule has 0 heterocycles. The maximum absolute atomic E-state index is 12.0. The molecule has 1 unspecified atom stereocenters. The lowest BCUT2D eigenvalue weighted by atomic mass is 10.1. The van der Waals surface area contributed by atoms with Crippen LogP contribution in [-0.4, -0.2) is 9.46 Å². The first-order valence-corrected chi connectivity index (χ1v) is 7.08. The van der Waals surface area contributed by atoms with Crippen LogP contribution in [0, 0.1) is 4.78 Å². The van der Waals surface area contributed by atoms with Gasteiger partial charge in [-0.05, 0) is 17.5 Å². The van der Waals surface area contributed by atoms with Crippen LogP contribution in [0.15, 0.2) is 24.3 Å². The Labute approximate surface area is 92.7 Å². The molecule has 1 N–H and O–H groups in total. The number of benzene rings is 1. The minimum atomic E-state index is -2.48. The lowest BCUT2D eigenvalue weighted by Gasteiger charge is -2.13. The standard InChI is InChI=1S/C12H19NOS/c1-4-11-7-5-6-8-12(11)9-15(13,14)10(2)3/h5-8,10,13H,4,9H2,1-3H3. The van der Waals surface area contributed by atoms with Crippen molar-refractivity contribution in [1.29, 1.82) is 4.78 Å². The van der Waals surface area contributed by atoms with Gasteiger partial charge in [-0.25, -0.2) is 4.21 Å². The van der Waals surface area contributed by atoms with Gasteiger partial charge in [-0.1, -0.05) is 45.0 Å². The van der Waals surface area contributed by atoms with Gasteiger partial charge in [0.05, 0.1) is 15.5 Å². The second kappa shape index (κ2) is 4.79. The van der Waals surface area contributed by atoms with Crippen LogP contribution in [-0.2, 0) is 21.9 Å². The summed E-state index contributed by atoms with van der Waals surface area (Å²) in [5, 5.41) is -0.0811.